The fourth-order valence-corrected chi connectivity index (χ4v) is 0. The number of hydrogen-bond donors (Lipinski definition) is 1. The SMILES string of the molecule is CN.CN=C=S.S=C(Cl)Cl. The predicted octanol–water partition coefficient (Wildman–Crippen LogP) is 2.04. The van der Waals surface area contributed by atoms with Crippen LogP contribution in [0.25, 0.3) is 0 Å². The molecular weight excluding hydrogens is 211 g/mol. The van der Waals surface area contributed by atoms with Gasteiger partial charge in [-0.3, -0.25) is 0 Å². The molecule has 2 N–H and O–H groups in total. The normalized spacial score (nSPS) is 4.90. The minimum Gasteiger partial charge on any atom is -0.333 e. The van der Waals surface area contributed by atoms with Crippen molar-refractivity contribution >= 4 is 56.6 Å². The highest BCUT2D eigenvalue weighted by Crippen LogP contribution is 1.86. The number of thiocarbonyl (C=S) groups is 2. The largest absolute Gasteiger partial charge is 0.333 e. The maximum atomic E-state index is 4.77. The number of rotatable bonds is 0. The Kier molecular flexibility index (Phi) is 38.2. The van der Waals surface area contributed by atoms with Crippen LogP contribution < -0.4 is 5.73 Å². The van der Waals surface area contributed by atoms with E-state index in [0.717, 1.165) is 0 Å². The molecule has 0 aliphatic rings. The predicted molar refractivity (Wildman–Crippen MR) is 55.4 cm³/mol. The first-order chi connectivity index (χ1) is 4.65. The van der Waals surface area contributed by atoms with Crippen LogP contribution in [0.3, 0.4) is 0 Å². The minimum absolute atomic E-state index is 0.0556. The minimum atomic E-state index is -0.0556. The molecule has 0 saturated heterocycles. The number of nitrogens with two attached hydrogens (primary N) is 1. The van der Waals surface area contributed by atoms with Crippen molar-refractivity contribution in [2.45, 2.75) is 0 Å². The lowest BCUT2D eigenvalue weighted by atomic mass is 11.4. The molecule has 0 rings (SSSR count). The van der Waals surface area contributed by atoms with E-state index in [1.54, 1.807) is 7.05 Å². The van der Waals surface area contributed by atoms with Crippen molar-refractivity contribution in [3.63, 3.8) is 0 Å². The molecule has 6 heteroatoms. The highest BCUT2D eigenvalue weighted by atomic mass is 35.5. The third-order valence-electron chi connectivity index (χ3n) is 0.0913. The van der Waals surface area contributed by atoms with Crippen molar-refractivity contribution in [2.75, 3.05) is 14.1 Å². The molecule has 0 aromatic rings. The van der Waals surface area contributed by atoms with E-state index in [1.807, 2.05) is 0 Å². The standard InChI is InChI=1S/C2H3NS.CCl2S.CH5N/c1-3-2-4;2-1(3)4;1-2/h1H3;;2H2,1H3. The van der Waals surface area contributed by atoms with Crippen LogP contribution in [0.2, 0.25) is 0 Å². The van der Waals surface area contributed by atoms with Gasteiger partial charge in [-0.1, -0.05) is 35.4 Å². The van der Waals surface area contributed by atoms with E-state index in [2.05, 4.69) is 40.3 Å². The molecule has 0 aliphatic carbocycles. The van der Waals surface area contributed by atoms with Crippen molar-refractivity contribution < 1.29 is 0 Å². The maximum absolute atomic E-state index is 4.77. The van der Waals surface area contributed by atoms with E-state index in [9.17, 15) is 0 Å². The van der Waals surface area contributed by atoms with E-state index in [-0.39, 0.29) is 3.78 Å². The van der Waals surface area contributed by atoms with Crippen LogP contribution in [0.15, 0.2) is 4.99 Å². The molecule has 0 amide bonds. The fourth-order valence-electron chi connectivity index (χ4n) is 0. The highest BCUT2D eigenvalue weighted by Gasteiger charge is 1.64. The quantitative estimate of drug-likeness (QED) is 0.385. The molecule has 0 radical (unpaired) electrons. The van der Waals surface area contributed by atoms with Crippen LogP contribution >= 0.6 is 47.6 Å². The Morgan fingerprint density at radius 1 is 1.50 bits per heavy atom. The Labute approximate surface area is 81.4 Å². The summed E-state index contributed by atoms with van der Waals surface area (Å²) in [4.78, 5) is 3.30. The first-order valence-electron chi connectivity index (χ1n) is 2.03. The Bertz CT molecular complexity index is 108. The Hall–Kier alpha value is 0.430. The lowest BCUT2D eigenvalue weighted by Crippen LogP contribution is -1.69. The van der Waals surface area contributed by atoms with Crippen LogP contribution in [0, 0.1) is 0 Å². The van der Waals surface area contributed by atoms with Gasteiger partial charge in [-0.25, -0.2) is 4.99 Å². The molecule has 0 atom stereocenters. The molecule has 0 aromatic carbocycles. The maximum Gasteiger partial charge on any atom is 0.169 e. The first-order valence-corrected chi connectivity index (χ1v) is 3.61. The first kappa shape index (κ1) is 16.8. The molecule has 0 fully saturated rings. The summed E-state index contributed by atoms with van der Waals surface area (Å²) < 4.78 is -0.0556. The summed E-state index contributed by atoms with van der Waals surface area (Å²) in [5.74, 6) is 0. The van der Waals surface area contributed by atoms with E-state index in [1.165, 1.54) is 7.05 Å². The van der Waals surface area contributed by atoms with Gasteiger partial charge in [-0.15, -0.1) is 0 Å². The third kappa shape index (κ3) is 228. The van der Waals surface area contributed by atoms with E-state index >= 15 is 0 Å². The number of nitrogens with zero attached hydrogens (tertiary/aromatic N) is 1. The zero-order chi connectivity index (χ0) is 8.99. The van der Waals surface area contributed by atoms with Crippen LogP contribution in [-0.2, 0) is 0 Å². The summed E-state index contributed by atoms with van der Waals surface area (Å²) in [6.07, 6.45) is 0. The molecule has 2 nitrogen and oxygen atoms in total. The van der Waals surface area contributed by atoms with Crippen LogP contribution in [0.1, 0.15) is 0 Å². The molecule has 0 saturated carbocycles. The van der Waals surface area contributed by atoms with Crippen LogP contribution in [0.5, 0.6) is 0 Å². The molecule has 0 aromatic heterocycles. The van der Waals surface area contributed by atoms with Crippen LogP contribution in [-0.4, -0.2) is 23.0 Å². The number of halogens is 2. The zero-order valence-electron chi connectivity index (χ0n) is 5.60. The summed E-state index contributed by atoms with van der Waals surface area (Å²) in [7, 11) is 3.09. The second-order valence-electron chi connectivity index (χ2n) is 0.541. The van der Waals surface area contributed by atoms with Crippen LogP contribution in [0.4, 0.5) is 0 Å². The summed E-state index contributed by atoms with van der Waals surface area (Å²) in [5.41, 5.74) is 4.50. The van der Waals surface area contributed by atoms with Gasteiger partial charge in [-0.2, -0.15) is 0 Å². The molecule has 60 valence electrons. The van der Waals surface area contributed by atoms with Gasteiger partial charge >= 0.3 is 0 Å². The van der Waals surface area contributed by atoms with E-state index in [0.29, 0.717) is 0 Å². The molecule has 0 unspecified atom stereocenters. The Morgan fingerprint density at radius 2 is 1.60 bits per heavy atom. The summed E-state index contributed by atoms with van der Waals surface area (Å²) in [5, 5.41) is 2.14. The van der Waals surface area contributed by atoms with Gasteiger partial charge in [0.15, 0.2) is 3.78 Å². The molecule has 0 spiro atoms. The highest BCUT2D eigenvalue weighted by molar-refractivity contribution is 7.86. The third-order valence-corrected chi connectivity index (χ3v) is 0.274. The van der Waals surface area contributed by atoms with Gasteiger partial charge in [0.25, 0.3) is 0 Å². The van der Waals surface area contributed by atoms with Gasteiger partial charge in [0.2, 0.25) is 0 Å². The molecule has 0 aliphatic heterocycles. The number of hydrogen-bond acceptors (Lipinski definition) is 4. The smallest absolute Gasteiger partial charge is 0.169 e. The zero-order valence-corrected chi connectivity index (χ0v) is 8.74. The summed E-state index contributed by atoms with van der Waals surface area (Å²) in [6.45, 7) is 0. The monoisotopic (exact) mass is 218 g/mol. The van der Waals surface area contributed by atoms with Crippen molar-refractivity contribution in [1.82, 2.24) is 0 Å². The van der Waals surface area contributed by atoms with Gasteiger partial charge in [0.05, 0.1) is 5.16 Å². The second kappa shape index (κ2) is 22.7. The summed E-state index contributed by atoms with van der Waals surface area (Å²) >= 11 is 17.7. The van der Waals surface area contributed by atoms with Gasteiger partial charge < -0.3 is 5.73 Å². The lowest BCUT2D eigenvalue weighted by molar-refractivity contribution is 1.48. The average Bonchev–Trinajstić information content (AvgIpc) is 1.91. The molecule has 10 heavy (non-hydrogen) atoms. The molecule has 0 bridgehead atoms. The number of isothiocyanates is 1. The lowest BCUT2D eigenvalue weighted by Gasteiger charge is -1.53. The topological polar surface area (TPSA) is 38.4 Å². The molecular formula is C4H8Cl2N2S2. The van der Waals surface area contributed by atoms with Crippen molar-refractivity contribution in [3.8, 4) is 0 Å². The van der Waals surface area contributed by atoms with E-state index < -0.39 is 0 Å². The molecule has 0 heterocycles. The van der Waals surface area contributed by atoms with E-state index in [4.69, 9.17) is 23.2 Å². The second-order valence-corrected chi connectivity index (χ2v) is 2.53. The van der Waals surface area contributed by atoms with Gasteiger partial charge in [-0.05, 0) is 19.3 Å². The number of aliphatic imine (C=N–C) groups is 1. The fraction of sp³-hybridized carbons (Fsp3) is 0.500. The van der Waals surface area contributed by atoms with Gasteiger partial charge in [0.1, 0.15) is 0 Å². The Balaban J connectivity index is -0.0000000787. The Morgan fingerprint density at radius 3 is 1.60 bits per heavy atom. The van der Waals surface area contributed by atoms with Crippen molar-refractivity contribution in [3.05, 3.63) is 0 Å². The average molecular weight is 219 g/mol. The summed E-state index contributed by atoms with van der Waals surface area (Å²) in [6, 6.07) is 0. The van der Waals surface area contributed by atoms with Crippen molar-refractivity contribution in [2.24, 2.45) is 10.7 Å². The van der Waals surface area contributed by atoms with Crippen molar-refractivity contribution in [1.29, 1.82) is 0 Å². The van der Waals surface area contributed by atoms with Gasteiger partial charge in [0, 0.05) is 7.05 Å².